The highest BCUT2D eigenvalue weighted by Gasteiger charge is 2.19. The second-order valence-electron chi connectivity index (χ2n) is 6.64. The first kappa shape index (κ1) is 19.3. The molecule has 0 radical (unpaired) electrons. The van der Waals surface area contributed by atoms with E-state index in [1.54, 1.807) is 35.5 Å². The number of esters is 1. The van der Waals surface area contributed by atoms with Gasteiger partial charge >= 0.3 is 5.97 Å². The summed E-state index contributed by atoms with van der Waals surface area (Å²) in [4.78, 5) is 35.4. The number of hydrogen-bond acceptors (Lipinski definition) is 5. The van der Waals surface area contributed by atoms with Gasteiger partial charge in [-0.25, -0.2) is 4.79 Å². The van der Waals surface area contributed by atoms with Gasteiger partial charge in [-0.1, -0.05) is 48.5 Å². The number of benzene rings is 3. The third kappa shape index (κ3) is 4.50. The summed E-state index contributed by atoms with van der Waals surface area (Å²) in [5.74, 6) is -0.886. The van der Waals surface area contributed by atoms with Crippen molar-refractivity contribution < 1.29 is 14.3 Å². The fourth-order valence-electron chi connectivity index (χ4n) is 3.08. The van der Waals surface area contributed by atoms with Gasteiger partial charge in [-0.3, -0.25) is 14.8 Å². The monoisotopic (exact) mass is 397 g/mol. The summed E-state index contributed by atoms with van der Waals surface area (Å²) < 4.78 is 5.30. The van der Waals surface area contributed by atoms with Crippen molar-refractivity contribution in [3.05, 3.63) is 102 Å². The number of hydrogen-bond donors (Lipinski definition) is 0. The van der Waals surface area contributed by atoms with Crippen LogP contribution in [0, 0.1) is 0 Å². The summed E-state index contributed by atoms with van der Waals surface area (Å²) in [6.07, 6.45) is 3.15. The first-order valence-corrected chi connectivity index (χ1v) is 9.48. The van der Waals surface area contributed by atoms with Gasteiger partial charge < -0.3 is 9.64 Å². The number of rotatable bonds is 6. The minimum Gasteiger partial charge on any atom is -0.452 e. The Hall–Kier alpha value is -4.06. The molecule has 0 unspecified atom stereocenters. The summed E-state index contributed by atoms with van der Waals surface area (Å²) in [5.41, 5.74) is 3.32. The van der Waals surface area contributed by atoms with Crippen molar-refractivity contribution in [1.82, 2.24) is 9.97 Å². The first-order valence-electron chi connectivity index (χ1n) is 9.48. The second kappa shape index (κ2) is 8.96. The summed E-state index contributed by atoms with van der Waals surface area (Å²) in [6, 6.07) is 23.9. The number of amides is 1. The van der Waals surface area contributed by atoms with Crippen LogP contribution in [0.15, 0.2) is 91.3 Å². The number of carbonyl (C=O) groups excluding carboxylic acids is 2. The lowest BCUT2D eigenvalue weighted by molar-refractivity contribution is -0.121. The molecule has 1 aromatic heterocycles. The fraction of sp³-hybridized carbons (Fsp3) is 0.0833. The zero-order valence-corrected chi connectivity index (χ0v) is 16.1. The van der Waals surface area contributed by atoms with Gasteiger partial charge in [-0.15, -0.1) is 0 Å². The van der Waals surface area contributed by atoms with Crippen molar-refractivity contribution in [3.63, 3.8) is 0 Å². The SMILES string of the molecule is O=C(OCC(=O)N(Cc1ccccc1)c1ccccc1)c1ccc2nccnc2c1. The molecule has 3 aromatic carbocycles. The minimum atomic E-state index is -0.580. The van der Waals surface area contributed by atoms with E-state index in [0.29, 0.717) is 23.1 Å². The van der Waals surface area contributed by atoms with Crippen LogP contribution in [0.25, 0.3) is 11.0 Å². The standard InChI is InChI=1S/C24H19N3O3/c28-23(17-30-24(29)19-11-12-21-22(15-19)26-14-13-25-21)27(20-9-5-2-6-10-20)16-18-7-3-1-4-8-18/h1-15H,16-17H2. The van der Waals surface area contributed by atoms with Gasteiger partial charge in [0.1, 0.15) is 0 Å². The van der Waals surface area contributed by atoms with Gasteiger partial charge in [-0.05, 0) is 35.9 Å². The summed E-state index contributed by atoms with van der Waals surface area (Å²) >= 11 is 0. The minimum absolute atomic E-state index is 0.306. The number of aromatic nitrogens is 2. The highest BCUT2D eigenvalue weighted by molar-refractivity contribution is 5.98. The molecule has 0 atom stereocenters. The van der Waals surface area contributed by atoms with Crippen LogP contribution < -0.4 is 4.90 Å². The molecular formula is C24H19N3O3. The number of ether oxygens (including phenoxy) is 1. The Bertz CT molecular complexity index is 1160. The van der Waals surface area contributed by atoms with Crippen LogP contribution in [0.3, 0.4) is 0 Å². The number of nitrogens with zero attached hydrogens (tertiary/aromatic N) is 3. The molecule has 1 heterocycles. The molecule has 6 nitrogen and oxygen atoms in total. The van der Waals surface area contributed by atoms with Crippen molar-refractivity contribution in [2.75, 3.05) is 11.5 Å². The molecule has 1 amide bonds. The lowest BCUT2D eigenvalue weighted by Crippen LogP contribution is -2.34. The van der Waals surface area contributed by atoms with Gasteiger partial charge in [0.2, 0.25) is 0 Å². The molecule has 0 aliphatic carbocycles. The van der Waals surface area contributed by atoms with E-state index >= 15 is 0 Å². The van der Waals surface area contributed by atoms with Gasteiger partial charge in [0, 0.05) is 18.1 Å². The number of anilines is 1. The van der Waals surface area contributed by atoms with E-state index in [1.807, 2.05) is 60.7 Å². The third-order valence-electron chi connectivity index (χ3n) is 4.58. The normalized spacial score (nSPS) is 10.5. The maximum absolute atomic E-state index is 12.9. The van der Waals surface area contributed by atoms with Crippen molar-refractivity contribution in [2.45, 2.75) is 6.54 Å². The number of carbonyl (C=O) groups is 2. The molecule has 6 heteroatoms. The van der Waals surface area contributed by atoms with Crippen LogP contribution in [-0.4, -0.2) is 28.5 Å². The molecule has 0 aliphatic rings. The zero-order chi connectivity index (χ0) is 20.8. The fourth-order valence-corrected chi connectivity index (χ4v) is 3.08. The molecule has 0 N–H and O–H groups in total. The molecular weight excluding hydrogens is 378 g/mol. The molecule has 0 saturated carbocycles. The van der Waals surface area contributed by atoms with Crippen molar-refractivity contribution >= 4 is 28.6 Å². The van der Waals surface area contributed by atoms with Crippen molar-refractivity contribution in [3.8, 4) is 0 Å². The molecule has 0 saturated heterocycles. The zero-order valence-electron chi connectivity index (χ0n) is 16.1. The third-order valence-corrected chi connectivity index (χ3v) is 4.58. The maximum Gasteiger partial charge on any atom is 0.338 e. The quantitative estimate of drug-likeness (QED) is 0.460. The van der Waals surface area contributed by atoms with Crippen LogP contribution in [0.2, 0.25) is 0 Å². The van der Waals surface area contributed by atoms with Crippen LogP contribution in [-0.2, 0) is 16.1 Å². The first-order chi connectivity index (χ1) is 14.7. The van der Waals surface area contributed by atoms with Crippen molar-refractivity contribution in [2.24, 2.45) is 0 Å². The van der Waals surface area contributed by atoms with E-state index in [4.69, 9.17) is 4.74 Å². The predicted molar refractivity (Wildman–Crippen MR) is 114 cm³/mol. The van der Waals surface area contributed by atoms with Crippen LogP contribution in [0.1, 0.15) is 15.9 Å². The summed E-state index contributed by atoms with van der Waals surface area (Å²) in [5, 5.41) is 0. The maximum atomic E-state index is 12.9. The molecule has 148 valence electrons. The average molecular weight is 397 g/mol. The highest BCUT2D eigenvalue weighted by atomic mass is 16.5. The van der Waals surface area contributed by atoms with Gasteiger partial charge in [-0.2, -0.15) is 0 Å². The van der Waals surface area contributed by atoms with Gasteiger partial charge in [0.15, 0.2) is 6.61 Å². The van der Waals surface area contributed by atoms with E-state index in [9.17, 15) is 9.59 Å². The largest absolute Gasteiger partial charge is 0.452 e. The molecule has 0 aliphatic heterocycles. The Morgan fingerprint density at radius 3 is 2.20 bits per heavy atom. The summed E-state index contributed by atoms with van der Waals surface area (Å²) in [6.45, 7) is 0.0197. The average Bonchev–Trinajstić information content (AvgIpc) is 2.81. The Kier molecular flexibility index (Phi) is 5.75. The number of para-hydroxylation sites is 1. The van der Waals surface area contributed by atoms with Crippen LogP contribution >= 0.6 is 0 Å². The topological polar surface area (TPSA) is 72.4 Å². The lowest BCUT2D eigenvalue weighted by Gasteiger charge is -2.23. The van der Waals surface area contributed by atoms with E-state index in [1.165, 1.54) is 0 Å². The van der Waals surface area contributed by atoms with E-state index in [2.05, 4.69) is 9.97 Å². The molecule has 0 bridgehead atoms. The van der Waals surface area contributed by atoms with E-state index in [0.717, 1.165) is 11.3 Å². The van der Waals surface area contributed by atoms with Gasteiger partial charge in [0.05, 0.1) is 23.1 Å². The molecule has 4 aromatic rings. The predicted octanol–water partition coefficient (Wildman–Crippen LogP) is 4.02. The van der Waals surface area contributed by atoms with Crippen LogP contribution in [0.5, 0.6) is 0 Å². The molecule has 30 heavy (non-hydrogen) atoms. The highest BCUT2D eigenvalue weighted by Crippen LogP contribution is 2.18. The van der Waals surface area contributed by atoms with Crippen LogP contribution in [0.4, 0.5) is 5.69 Å². The smallest absolute Gasteiger partial charge is 0.338 e. The molecule has 0 spiro atoms. The number of fused-ring (bicyclic) bond motifs is 1. The molecule has 0 fully saturated rings. The van der Waals surface area contributed by atoms with Gasteiger partial charge in [0.25, 0.3) is 5.91 Å². The molecule has 4 rings (SSSR count). The lowest BCUT2D eigenvalue weighted by atomic mass is 10.2. The summed E-state index contributed by atoms with van der Waals surface area (Å²) in [7, 11) is 0. The second-order valence-corrected chi connectivity index (χ2v) is 6.64. The van der Waals surface area contributed by atoms with E-state index in [-0.39, 0.29) is 12.5 Å². The Morgan fingerprint density at radius 1 is 0.800 bits per heavy atom. The Morgan fingerprint density at radius 2 is 1.47 bits per heavy atom. The van der Waals surface area contributed by atoms with Crippen molar-refractivity contribution in [1.29, 1.82) is 0 Å². The Labute approximate surface area is 173 Å². The Balaban J connectivity index is 1.48. The van der Waals surface area contributed by atoms with E-state index < -0.39 is 5.97 Å².